The fourth-order valence-corrected chi connectivity index (χ4v) is 0.658. The maximum Gasteiger partial charge on any atom is 0.0781 e. The lowest BCUT2D eigenvalue weighted by Gasteiger charge is -2.18. The standard InChI is InChI=1S/C8H16O2/c1-6(2)7(3)8(10)4-5-9/h4-10H,1-3H3. The number of hydrogen-bond donors (Lipinski definition) is 2. The van der Waals surface area contributed by atoms with Crippen LogP contribution in [-0.2, 0) is 0 Å². The monoisotopic (exact) mass is 144 g/mol. The first kappa shape index (κ1) is 9.50. The summed E-state index contributed by atoms with van der Waals surface area (Å²) in [6.07, 6.45) is 1.76. The SMILES string of the molecule is CC(C)C(C)C(O)C=CO. The van der Waals surface area contributed by atoms with Crippen LogP contribution < -0.4 is 0 Å². The van der Waals surface area contributed by atoms with Gasteiger partial charge in [-0.1, -0.05) is 20.8 Å². The van der Waals surface area contributed by atoms with E-state index in [2.05, 4.69) is 0 Å². The van der Waals surface area contributed by atoms with Crippen molar-refractivity contribution >= 4 is 0 Å². The van der Waals surface area contributed by atoms with Gasteiger partial charge in [0.05, 0.1) is 12.4 Å². The zero-order chi connectivity index (χ0) is 8.15. The predicted octanol–water partition coefficient (Wildman–Crippen LogP) is 1.71. The van der Waals surface area contributed by atoms with Gasteiger partial charge < -0.3 is 10.2 Å². The van der Waals surface area contributed by atoms with Crippen LogP contribution >= 0.6 is 0 Å². The molecule has 0 radical (unpaired) electrons. The van der Waals surface area contributed by atoms with Gasteiger partial charge in [-0.25, -0.2) is 0 Å². The van der Waals surface area contributed by atoms with Crippen LogP contribution in [0.5, 0.6) is 0 Å². The van der Waals surface area contributed by atoms with Crippen LogP contribution in [0.15, 0.2) is 12.3 Å². The lowest BCUT2D eigenvalue weighted by Crippen LogP contribution is -2.19. The van der Waals surface area contributed by atoms with Crippen LogP contribution in [0, 0.1) is 11.8 Å². The second-order valence-corrected chi connectivity index (χ2v) is 2.94. The van der Waals surface area contributed by atoms with Crippen LogP contribution in [0.3, 0.4) is 0 Å². The molecule has 0 aliphatic rings. The van der Waals surface area contributed by atoms with Gasteiger partial charge in [0.1, 0.15) is 0 Å². The summed E-state index contributed by atoms with van der Waals surface area (Å²) in [5.74, 6) is 0.634. The largest absolute Gasteiger partial charge is 0.516 e. The Hall–Kier alpha value is -0.500. The van der Waals surface area contributed by atoms with Crippen molar-refractivity contribution in [3.8, 4) is 0 Å². The minimum atomic E-state index is -0.523. The van der Waals surface area contributed by atoms with Crippen molar-refractivity contribution in [3.05, 3.63) is 12.3 Å². The topological polar surface area (TPSA) is 40.5 Å². The molecule has 2 nitrogen and oxygen atoms in total. The Morgan fingerprint density at radius 1 is 1.20 bits per heavy atom. The zero-order valence-corrected chi connectivity index (χ0v) is 6.78. The summed E-state index contributed by atoms with van der Waals surface area (Å²) >= 11 is 0. The lowest BCUT2D eigenvalue weighted by atomic mass is 9.92. The van der Waals surface area contributed by atoms with Gasteiger partial charge in [0, 0.05) is 0 Å². The molecule has 0 aliphatic heterocycles. The summed E-state index contributed by atoms with van der Waals surface area (Å²) in [7, 11) is 0. The minimum absolute atomic E-state index is 0.198. The number of hydrogen-bond acceptors (Lipinski definition) is 2. The first-order valence-electron chi connectivity index (χ1n) is 3.58. The molecule has 0 heterocycles. The Morgan fingerprint density at radius 3 is 2.00 bits per heavy atom. The molecule has 0 rings (SSSR count). The Labute approximate surface area is 62.2 Å². The van der Waals surface area contributed by atoms with E-state index >= 15 is 0 Å². The molecule has 2 unspecified atom stereocenters. The first-order valence-corrected chi connectivity index (χ1v) is 3.58. The lowest BCUT2D eigenvalue weighted by molar-refractivity contribution is 0.132. The fourth-order valence-electron chi connectivity index (χ4n) is 0.658. The minimum Gasteiger partial charge on any atom is -0.516 e. The summed E-state index contributed by atoms with van der Waals surface area (Å²) < 4.78 is 0. The van der Waals surface area contributed by atoms with Crippen LogP contribution in [0.25, 0.3) is 0 Å². The number of rotatable bonds is 3. The van der Waals surface area contributed by atoms with E-state index in [4.69, 9.17) is 5.11 Å². The van der Waals surface area contributed by atoms with E-state index in [1.165, 1.54) is 6.08 Å². The van der Waals surface area contributed by atoms with Crippen molar-refractivity contribution in [1.29, 1.82) is 0 Å². The second-order valence-electron chi connectivity index (χ2n) is 2.94. The highest BCUT2D eigenvalue weighted by molar-refractivity contribution is 4.86. The predicted molar refractivity (Wildman–Crippen MR) is 41.8 cm³/mol. The fraction of sp³-hybridized carbons (Fsp3) is 0.750. The average molecular weight is 144 g/mol. The van der Waals surface area contributed by atoms with Crippen LogP contribution in [0.2, 0.25) is 0 Å². The zero-order valence-electron chi connectivity index (χ0n) is 6.78. The smallest absolute Gasteiger partial charge is 0.0781 e. The molecule has 10 heavy (non-hydrogen) atoms. The van der Waals surface area contributed by atoms with Crippen LogP contribution in [0.4, 0.5) is 0 Å². The van der Waals surface area contributed by atoms with Crippen molar-refractivity contribution in [3.63, 3.8) is 0 Å². The molecule has 0 bridgehead atoms. The third-order valence-electron chi connectivity index (χ3n) is 1.87. The summed E-state index contributed by atoms with van der Waals surface area (Å²) in [6.45, 7) is 6.04. The van der Waals surface area contributed by atoms with Gasteiger partial charge in [-0.3, -0.25) is 0 Å². The highest BCUT2D eigenvalue weighted by Gasteiger charge is 2.14. The van der Waals surface area contributed by atoms with E-state index in [0.29, 0.717) is 5.92 Å². The van der Waals surface area contributed by atoms with Gasteiger partial charge in [-0.2, -0.15) is 0 Å². The Bertz CT molecular complexity index is 108. The highest BCUT2D eigenvalue weighted by Crippen LogP contribution is 2.14. The van der Waals surface area contributed by atoms with E-state index in [1.54, 1.807) is 0 Å². The molecule has 2 N–H and O–H groups in total. The van der Waals surface area contributed by atoms with Crippen LogP contribution in [-0.4, -0.2) is 16.3 Å². The van der Waals surface area contributed by atoms with Gasteiger partial charge in [-0.05, 0) is 17.9 Å². The van der Waals surface area contributed by atoms with Crippen molar-refractivity contribution in [2.24, 2.45) is 11.8 Å². The second kappa shape index (κ2) is 4.34. The molecule has 60 valence electrons. The normalized spacial score (nSPS) is 18.1. The molecular formula is C8H16O2. The van der Waals surface area contributed by atoms with Crippen molar-refractivity contribution in [2.75, 3.05) is 0 Å². The summed E-state index contributed by atoms with van der Waals surface area (Å²) in [4.78, 5) is 0. The molecule has 0 saturated heterocycles. The molecule has 0 aromatic rings. The average Bonchev–Trinajstić information content (AvgIpc) is 1.87. The first-order chi connectivity index (χ1) is 4.59. The Kier molecular flexibility index (Phi) is 4.12. The molecule has 0 aromatic carbocycles. The highest BCUT2D eigenvalue weighted by atomic mass is 16.3. The third-order valence-corrected chi connectivity index (χ3v) is 1.87. The van der Waals surface area contributed by atoms with Crippen molar-refractivity contribution in [2.45, 2.75) is 26.9 Å². The molecule has 0 amide bonds. The molecule has 0 fully saturated rings. The third kappa shape index (κ3) is 2.87. The summed E-state index contributed by atoms with van der Waals surface area (Å²) in [5, 5.41) is 17.6. The van der Waals surface area contributed by atoms with Crippen molar-refractivity contribution < 1.29 is 10.2 Å². The number of aliphatic hydroxyl groups excluding tert-OH is 2. The Morgan fingerprint density at radius 2 is 1.70 bits per heavy atom. The molecule has 0 spiro atoms. The molecule has 2 atom stereocenters. The van der Waals surface area contributed by atoms with Gasteiger partial charge in [-0.15, -0.1) is 0 Å². The molecule has 0 saturated carbocycles. The van der Waals surface area contributed by atoms with E-state index in [0.717, 1.165) is 6.26 Å². The quantitative estimate of drug-likeness (QED) is 0.592. The van der Waals surface area contributed by atoms with Gasteiger partial charge in [0.2, 0.25) is 0 Å². The van der Waals surface area contributed by atoms with Gasteiger partial charge in [0.15, 0.2) is 0 Å². The molecule has 0 aliphatic carbocycles. The summed E-state index contributed by atoms with van der Waals surface area (Å²) in [5.41, 5.74) is 0. The van der Waals surface area contributed by atoms with Crippen molar-refractivity contribution in [1.82, 2.24) is 0 Å². The number of aliphatic hydroxyl groups is 2. The molecule has 0 aromatic heterocycles. The Balaban J connectivity index is 3.81. The summed E-state index contributed by atoms with van der Waals surface area (Å²) in [6, 6.07) is 0. The van der Waals surface area contributed by atoms with E-state index in [9.17, 15) is 5.11 Å². The van der Waals surface area contributed by atoms with Crippen LogP contribution in [0.1, 0.15) is 20.8 Å². The van der Waals surface area contributed by atoms with Gasteiger partial charge in [0.25, 0.3) is 0 Å². The maximum atomic E-state index is 9.24. The molecular weight excluding hydrogens is 128 g/mol. The maximum absolute atomic E-state index is 9.24. The van der Waals surface area contributed by atoms with E-state index in [1.807, 2.05) is 20.8 Å². The van der Waals surface area contributed by atoms with E-state index in [-0.39, 0.29) is 5.92 Å². The van der Waals surface area contributed by atoms with E-state index < -0.39 is 6.10 Å². The van der Waals surface area contributed by atoms with Gasteiger partial charge >= 0.3 is 0 Å². The molecule has 2 heteroatoms.